The summed E-state index contributed by atoms with van der Waals surface area (Å²) in [5, 5.41) is 13.7. The number of aliphatic hydroxyl groups excluding tert-OH is 1. The number of anilines is 1. The number of amides is 2. The number of nitrogens with one attached hydrogen (secondary N) is 1. The smallest absolute Gasteiger partial charge is 0.258 e. The Morgan fingerprint density at radius 3 is 2.27 bits per heavy atom. The van der Waals surface area contributed by atoms with E-state index in [2.05, 4.69) is 21.2 Å². The molecule has 0 aromatic heterocycles. The summed E-state index contributed by atoms with van der Waals surface area (Å²) in [6, 6.07) is 13.9. The molecule has 0 saturated carbocycles. The van der Waals surface area contributed by atoms with E-state index < -0.39 is 29.4 Å². The van der Waals surface area contributed by atoms with Gasteiger partial charge in [-0.25, -0.2) is 0 Å². The number of carbonyl (C=O) groups excluding carboxylic acids is 3. The van der Waals surface area contributed by atoms with Gasteiger partial charge in [-0.2, -0.15) is 0 Å². The molecule has 2 heterocycles. The number of hydrogen-bond donors (Lipinski definition) is 2. The monoisotopic (exact) mass is 414 g/mol. The number of likely N-dealkylation sites (tertiary alicyclic amines) is 1. The SMILES string of the molecule is CN1C(=O)C(O)C(C2(c3ccc(Br)cc3)Nc3ccccc3C2=O)C1=O. The van der Waals surface area contributed by atoms with Crippen LogP contribution >= 0.6 is 15.9 Å². The molecule has 132 valence electrons. The van der Waals surface area contributed by atoms with Gasteiger partial charge in [-0.05, 0) is 29.8 Å². The van der Waals surface area contributed by atoms with Crippen molar-refractivity contribution in [1.29, 1.82) is 0 Å². The zero-order valence-electron chi connectivity index (χ0n) is 13.8. The maximum Gasteiger partial charge on any atom is 0.258 e. The van der Waals surface area contributed by atoms with E-state index in [0.717, 1.165) is 9.37 Å². The van der Waals surface area contributed by atoms with Crippen LogP contribution < -0.4 is 5.32 Å². The molecule has 0 radical (unpaired) electrons. The Balaban J connectivity index is 1.96. The predicted octanol–water partition coefficient (Wildman–Crippen LogP) is 1.93. The molecule has 7 heteroatoms. The standard InChI is InChI=1S/C19H15BrN2O4/c1-22-17(25)14(15(23)18(22)26)19(10-6-8-11(20)9-7-10)16(24)12-4-2-3-5-13(12)21-19/h2-9,14-15,21,23H,1H3. The number of fused-ring (bicyclic) bond motifs is 1. The lowest BCUT2D eigenvalue weighted by atomic mass is 9.73. The molecule has 3 atom stereocenters. The minimum atomic E-state index is -1.60. The number of rotatable bonds is 2. The minimum absolute atomic E-state index is 0.337. The van der Waals surface area contributed by atoms with Gasteiger partial charge in [0.2, 0.25) is 5.91 Å². The number of imide groups is 1. The fourth-order valence-electron chi connectivity index (χ4n) is 3.80. The van der Waals surface area contributed by atoms with Gasteiger partial charge in [-0.1, -0.05) is 40.2 Å². The fraction of sp³-hybridized carbons (Fsp3) is 0.211. The lowest BCUT2D eigenvalue weighted by Gasteiger charge is -2.34. The Hall–Kier alpha value is -2.51. The number of nitrogens with zero attached hydrogens (tertiary/aromatic N) is 1. The Morgan fingerprint density at radius 1 is 1.04 bits per heavy atom. The summed E-state index contributed by atoms with van der Waals surface area (Å²) in [7, 11) is 1.32. The van der Waals surface area contributed by atoms with Crippen molar-refractivity contribution in [1.82, 2.24) is 4.90 Å². The quantitative estimate of drug-likeness (QED) is 0.733. The molecule has 0 spiro atoms. The van der Waals surface area contributed by atoms with Crippen molar-refractivity contribution in [2.24, 2.45) is 5.92 Å². The highest BCUT2D eigenvalue weighted by molar-refractivity contribution is 9.10. The van der Waals surface area contributed by atoms with Gasteiger partial charge in [0, 0.05) is 22.8 Å². The molecule has 1 saturated heterocycles. The third-order valence-corrected chi connectivity index (χ3v) is 5.65. The number of halogens is 1. The number of para-hydroxylation sites is 1. The Kier molecular flexibility index (Phi) is 3.75. The van der Waals surface area contributed by atoms with Crippen molar-refractivity contribution in [2.75, 3.05) is 12.4 Å². The van der Waals surface area contributed by atoms with E-state index in [4.69, 9.17) is 0 Å². The first-order valence-corrected chi connectivity index (χ1v) is 8.85. The van der Waals surface area contributed by atoms with Crippen LogP contribution in [0.3, 0.4) is 0 Å². The third-order valence-electron chi connectivity index (χ3n) is 5.12. The molecule has 3 unspecified atom stereocenters. The van der Waals surface area contributed by atoms with Crippen LogP contribution in [0.15, 0.2) is 53.0 Å². The zero-order chi connectivity index (χ0) is 18.6. The van der Waals surface area contributed by atoms with Crippen LogP contribution in [0, 0.1) is 5.92 Å². The van der Waals surface area contributed by atoms with Crippen molar-refractivity contribution < 1.29 is 19.5 Å². The van der Waals surface area contributed by atoms with E-state index in [0.29, 0.717) is 16.8 Å². The molecule has 2 amide bonds. The first kappa shape index (κ1) is 16.9. The number of ketones is 1. The van der Waals surface area contributed by atoms with Crippen LogP contribution in [0.4, 0.5) is 5.69 Å². The van der Waals surface area contributed by atoms with Crippen LogP contribution in [0.25, 0.3) is 0 Å². The highest BCUT2D eigenvalue weighted by Gasteiger charge is 2.62. The highest BCUT2D eigenvalue weighted by atomic mass is 79.9. The number of benzene rings is 2. The van der Waals surface area contributed by atoms with Gasteiger partial charge in [0.15, 0.2) is 5.78 Å². The number of likely N-dealkylation sites (N-methyl/N-ethyl adjacent to an activating group) is 1. The maximum absolute atomic E-state index is 13.4. The van der Waals surface area contributed by atoms with E-state index in [-0.39, 0.29) is 5.78 Å². The van der Waals surface area contributed by atoms with Crippen LogP contribution in [-0.4, -0.2) is 40.8 Å². The molecule has 2 aromatic carbocycles. The van der Waals surface area contributed by atoms with Gasteiger partial charge in [-0.15, -0.1) is 0 Å². The van der Waals surface area contributed by atoms with Gasteiger partial charge < -0.3 is 10.4 Å². The number of aliphatic hydroxyl groups is 1. The maximum atomic E-state index is 13.4. The van der Waals surface area contributed by atoms with Crippen LogP contribution in [0.5, 0.6) is 0 Å². The molecule has 2 N–H and O–H groups in total. The molecule has 2 aromatic rings. The van der Waals surface area contributed by atoms with Crippen molar-refractivity contribution in [3.63, 3.8) is 0 Å². The second-order valence-electron chi connectivity index (χ2n) is 6.47. The average Bonchev–Trinajstić information content (AvgIpc) is 3.04. The lowest BCUT2D eigenvalue weighted by molar-refractivity contribution is -0.139. The fourth-order valence-corrected chi connectivity index (χ4v) is 4.07. The predicted molar refractivity (Wildman–Crippen MR) is 97.5 cm³/mol. The van der Waals surface area contributed by atoms with E-state index in [1.807, 2.05) is 0 Å². The van der Waals surface area contributed by atoms with Gasteiger partial charge >= 0.3 is 0 Å². The normalized spacial score (nSPS) is 27.7. The number of carbonyl (C=O) groups is 3. The molecule has 2 aliphatic rings. The van der Waals surface area contributed by atoms with Crippen LogP contribution in [0.1, 0.15) is 15.9 Å². The van der Waals surface area contributed by atoms with Crippen molar-refractivity contribution in [3.8, 4) is 0 Å². The first-order chi connectivity index (χ1) is 12.4. The lowest BCUT2D eigenvalue weighted by Crippen LogP contribution is -2.52. The molecule has 2 aliphatic heterocycles. The van der Waals surface area contributed by atoms with Crippen LogP contribution in [-0.2, 0) is 15.1 Å². The summed E-state index contributed by atoms with van der Waals surface area (Å²) in [6.45, 7) is 0. The first-order valence-electron chi connectivity index (χ1n) is 8.05. The van der Waals surface area contributed by atoms with E-state index in [1.165, 1.54) is 7.05 Å². The second-order valence-corrected chi connectivity index (χ2v) is 7.39. The Labute approximate surface area is 157 Å². The zero-order valence-corrected chi connectivity index (χ0v) is 15.4. The molecule has 0 bridgehead atoms. The molecule has 0 aliphatic carbocycles. The molecule has 26 heavy (non-hydrogen) atoms. The minimum Gasteiger partial charge on any atom is -0.382 e. The van der Waals surface area contributed by atoms with Crippen LogP contribution in [0.2, 0.25) is 0 Å². The molecule has 6 nitrogen and oxygen atoms in total. The summed E-state index contributed by atoms with van der Waals surface area (Å²) >= 11 is 3.36. The van der Waals surface area contributed by atoms with Gasteiger partial charge in [0.05, 0.1) is 0 Å². The van der Waals surface area contributed by atoms with Crippen molar-refractivity contribution in [3.05, 3.63) is 64.1 Å². The molecule has 1 fully saturated rings. The number of Topliss-reactive ketones (excluding diaryl/α,β-unsaturated/α-hetero) is 1. The molecular formula is C19H15BrN2O4. The van der Waals surface area contributed by atoms with E-state index in [1.54, 1.807) is 48.5 Å². The average molecular weight is 415 g/mol. The molecular weight excluding hydrogens is 400 g/mol. The summed E-state index contributed by atoms with van der Waals surface area (Å²) in [6.07, 6.45) is -1.60. The van der Waals surface area contributed by atoms with Crippen molar-refractivity contribution >= 4 is 39.2 Å². The summed E-state index contributed by atoms with van der Waals surface area (Å²) < 4.78 is 0.811. The molecule has 4 rings (SSSR count). The van der Waals surface area contributed by atoms with Crippen molar-refractivity contribution in [2.45, 2.75) is 11.6 Å². The topological polar surface area (TPSA) is 86.7 Å². The second kappa shape index (κ2) is 5.75. The largest absolute Gasteiger partial charge is 0.382 e. The number of hydrogen-bond acceptors (Lipinski definition) is 5. The summed E-state index contributed by atoms with van der Waals surface area (Å²) in [5.74, 6) is -2.88. The highest BCUT2D eigenvalue weighted by Crippen LogP contribution is 2.47. The van der Waals surface area contributed by atoms with E-state index in [9.17, 15) is 19.5 Å². The Bertz CT molecular complexity index is 943. The van der Waals surface area contributed by atoms with Gasteiger partial charge in [0.25, 0.3) is 5.91 Å². The Morgan fingerprint density at radius 2 is 1.69 bits per heavy atom. The van der Waals surface area contributed by atoms with Gasteiger partial charge in [-0.3, -0.25) is 19.3 Å². The third kappa shape index (κ3) is 2.10. The van der Waals surface area contributed by atoms with Gasteiger partial charge in [0.1, 0.15) is 17.6 Å². The summed E-state index contributed by atoms with van der Waals surface area (Å²) in [4.78, 5) is 39.3. The summed E-state index contributed by atoms with van der Waals surface area (Å²) in [5.41, 5.74) is -0.0244. The van der Waals surface area contributed by atoms with E-state index >= 15 is 0 Å².